The molecule has 1 heteroatoms. The summed E-state index contributed by atoms with van der Waals surface area (Å²) in [7, 11) is 0. The minimum absolute atomic E-state index is 0.0590. The average molecular weight is 231 g/mol. The van der Waals surface area contributed by atoms with Crippen molar-refractivity contribution in [2.75, 3.05) is 0 Å². The molecule has 1 saturated heterocycles. The molecular formula is C16H25N. The van der Waals surface area contributed by atoms with Gasteiger partial charge in [-0.3, -0.25) is 0 Å². The zero-order chi connectivity index (χ0) is 13.1. The molecule has 0 saturated carbocycles. The van der Waals surface area contributed by atoms with E-state index in [1.165, 1.54) is 11.1 Å². The Kier molecular flexibility index (Phi) is 4.53. The number of rotatable bonds is 3. The van der Waals surface area contributed by atoms with Crippen LogP contribution in [0.3, 0.4) is 0 Å². The van der Waals surface area contributed by atoms with Crippen molar-refractivity contribution >= 4 is 0 Å². The van der Waals surface area contributed by atoms with Gasteiger partial charge in [-0.1, -0.05) is 58.2 Å². The molecule has 17 heavy (non-hydrogen) atoms. The minimum Gasteiger partial charge on any atom is -0.303 e. The molecule has 1 aliphatic rings. The molecule has 2 unspecified atom stereocenters. The maximum absolute atomic E-state index is 4.20. The van der Waals surface area contributed by atoms with Gasteiger partial charge in [0.1, 0.15) is 0 Å². The van der Waals surface area contributed by atoms with Gasteiger partial charge in [-0.25, -0.2) is 0 Å². The maximum atomic E-state index is 4.20. The van der Waals surface area contributed by atoms with Gasteiger partial charge < -0.3 is 5.32 Å². The monoisotopic (exact) mass is 231 g/mol. The summed E-state index contributed by atoms with van der Waals surface area (Å²) in [5.41, 5.74) is 2.55. The molecule has 0 aromatic carbocycles. The fourth-order valence-electron chi connectivity index (χ4n) is 2.40. The molecule has 0 radical (unpaired) electrons. The molecule has 2 atom stereocenters. The first-order valence-corrected chi connectivity index (χ1v) is 6.40. The Hall–Kier alpha value is -1.08. The summed E-state index contributed by atoms with van der Waals surface area (Å²) in [5, 5.41) is 3.62. The van der Waals surface area contributed by atoms with Gasteiger partial charge in [-0.2, -0.15) is 0 Å². The summed E-state index contributed by atoms with van der Waals surface area (Å²) in [6, 6.07) is 0.676. The molecule has 1 heterocycles. The number of piperidine rings is 1. The summed E-state index contributed by atoms with van der Waals surface area (Å²) < 4.78 is 0. The van der Waals surface area contributed by atoms with Crippen LogP contribution in [0, 0.1) is 5.41 Å². The third-order valence-corrected chi connectivity index (χ3v) is 3.62. The molecule has 1 rings (SSSR count). The van der Waals surface area contributed by atoms with Crippen LogP contribution in [0.5, 0.6) is 0 Å². The Morgan fingerprint density at radius 1 is 1.41 bits per heavy atom. The lowest BCUT2D eigenvalue weighted by Gasteiger charge is -2.44. The van der Waals surface area contributed by atoms with E-state index in [9.17, 15) is 0 Å². The zero-order valence-corrected chi connectivity index (χ0v) is 11.6. The van der Waals surface area contributed by atoms with Crippen LogP contribution in [0.2, 0.25) is 0 Å². The van der Waals surface area contributed by atoms with Gasteiger partial charge in [0.15, 0.2) is 0 Å². The van der Waals surface area contributed by atoms with E-state index in [1.54, 1.807) is 0 Å². The number of hydrogen-bond donors (Lipinski definition) is 1. The van der Waals surface area contributed by atoms with Gasteiger partial charge in [-0.05, 0) is 24.5 Å². The van der Waals surface area contributed by atoms with Crippen molar-refractivity contribution in [1.29, 1.82) is 0 Å². The molecule has 0 bridgehead atoms. The summed E-state index contributed by atoms with van der Waals surface area (Å²) in [4.78, 5) is 0. The highest BCUT2D eigenvalue weighted by atomic mass is 15.0. The van der Waals surface area contributed by atoms with E-state index >= 15 is 0 Å². The highest BCUT2D eigenvalue weighted by Gasteiger charge is 2.38. The first kappa shape index (κ1) is 14.0. The van der Waals surface area contributed by atoms with Crippen LogP contribution < -0.4 is 5.32 Å². The topological polar surface area (TPSA) is 12.0 Å². The third-order valence-electron chi connectivity index (χ3n) is 3.62. The predicted octanol–water partition coefficient (Wildman–Crippen LogP) is 4.01. The van der Waals surface area contributed by atoms with Crippen molar-refractivity contribution in [3.8, 4) is 0 Å². The third kappa shape index (κ3) is 2.78. The minimum atomic E-state index is 0.0590. The molecule has 0 aromatic heterocycles. The van der Waals surface area contributed by atoms with Crippen molar-refractivity contribution < 1.29 is 0 Å². The molecule has 0 aliphatic carbocycles. The first-order valence-electron chi connectivity index (χ1n) is 6.40. The summed E-state index contributed by atoms with van der Waals surface area (Å²) in [6.07, 6.45) is 9.54. The maximum Gasteiger partial charge on any atom is 0.0347 e. The second-order valence-electron chi connectivity index (χ2n) is 5.27. The fraction of sp³-hybridized carbons (Fsp3) is 0.500. The molecule has 0 aromatic rings. The lowest BCUT2D eigenvalue weighted by atomic mass is 9.69. The summed E-state index contributed by atoms with van der Waals surface area (Å²) >= 11 is 0. The van der Waals surface area contributed by atoms with Crippen molar-refractivity contribution in [3.63, 3.8) is 0 Å². The van der Waals surface area contributed by atoms with Gasteiger partial charge >= 0.3 is 0 Å². The van der Waals surface area contributed by atoms with Crippen molar-refractivity contribution in [1.82, 2.24) is 5.32 Å². The van der Waals surface area contributed by atoms with Crippen LogP contribution in [-0.2, 0) is 0 Å². The highest BCUT2D eigenvalue weighted by molar-refractivity contribution is 5.44. The SMILES string of the molecule is C=C/C=C1\C(=C)C(C)NC(C=CCC)C1(C)C. The van der Waals surface area contributed by atoms with Gasteiger partial charge in [0.05, 0.1) is 0 Å². The largest absolute Gasteiger partial charge is 0.303 e. The second-order valence-corrected chi connectivity index (χ2v) is 5.27. The second kappa shape index (κ2) is 5.50. The normalized spacial score (nSPS) is 31.1. The number of allylic oxidation sites excluding steroid dienone is 3. The molecule has 0 amide bonds. The van der Waals surface area contributed by atoms with E-state index < -0.39 is 0 Å². The van der Waals surface area contributed by atoms with E-state index in [1.807, 2.05) is 6.08 Å². The van der Waals surface area contributed by atoms with E-state index in [0.717, 1.165) is 6.42 Å². The van der Waals surface area contributed by atoms with E-state index in [-0.39, 0.29) is 5.41 Å². The Balaban J connectivity index is 3.12. The molecule has 1 N–H and O–H groups in total. The molecule has 1 fully saturated rings. The lowest BCUT2D eigenvalue weighted by Crippen LogP contribution is -2.52. The van der Waals surface area contributed by atoms with Gasteiger partial charge in [0.25, 0.3) is 0 Å². The molecule has 1 nitrogen and oxygen atoms in total. The Morgan fingerprint density at radius 2 is 2.06 bits per heavy atom. The standard InChI is InChI=1S/C16H25N/c1-7-9-11-15-16(5,6)14(10-8-2)12(3)13(4)17-15/h8-11,13,15,17H,2-3,7H2,1,4-6H3/b11-9?,14-10+. The Morgan fingerprint density at radius 3 is 2.59 bits per heavy atom. The smallest absolute Gasteiger partial charge is 0.0347 e. The Labute approximate surface area is 106 Å². The highest BCUT2D eigenvalue weighted by Crippen LogP contribution is 2.40. The first-order chi connectivity index (χ1) is 7.95. The molecule has 0 spiro atoms. The van der Waals surface area contributed by atoms with Gasteiger partial charge in [-0.15, -0.1) is 0 Å². The summed E-state index contributed by atoms with van der Waals surface area (Å²) in [5.74, 6) is 0. The van der Waals surface area contributed by atoms with Crippen LogP contribution in [0.4, 0.5) is 0 Å². The molecular weight excluding hydrogens is 206 g/mol. The molecule has 94 valence electrons. The quantitative estimate of drug-likeness (QED) is 0.724. The predicted molar refractivity (Wildman–Crippen MR) is 77.0 cm³/mol. The fourth-order valence-corrected chi connectivity index (χ4v) is 2.40. The van der Waals surface area contributed by atoms with Crippen LogP contribution in [-0.4, -0.2) is 12.1 Å². The Bertz CT molecular complexity index is 358. The van der Waals surface area contributed by atoms with E-state index in [4.69, 9.17) is 0 Å². The van der Waals surface area contributed by atoms with Gasteiger partial charge in [0, 0.05) is 17.5 Å². The van der Waals surface area contributed by atoms with Crippen LogP contribution in [0.15, 0.2) is 48.6 Å². The van der Waals surface area contributed by atoms with E-state index in [0.29, 0.717) is 12.1 Å². The summed E-state index contributed by atoms with van der Waals surface area (Å²) in [6.45, 7) is 16.9. The number of nitrogens with one attached hydrogen (secondary N) is 1. The van der Waals surface area contributed by atoms with Gasteiger partial charge in [0.2, 0.25) is 0 Å². The van der Waals surface area contributed by atoms with Crippen molar-refractivity contribution in [2.24, 2.45) is 5.41 Å². The number of hydrogen-bond acceptors (Lipinski definition) is 1. The average Bonchev–Trinajstić information content (AvgIpc) is 2.28. The zero-order valence-electron chi connectivity index (χ0n) is 11.6. The van der Waals surface area contributed by atoms with Crippen LogP contribution in [0.25, 0.3) is 0 Å². The van der Waals surface area contributed by atoms with Crippen LogP contribution in [0.1, 0.15) is 34.1 Å². The van der Waals surface area contributed by atoms with Crippen molar-refractivity contribution in [3.05, 3.63) is 48.6 Å². The van der Waals surface area contributed by atoms with E-state index in [2.05, 4.69) is 64.4 Å². The van der Waals surface area contributed by atoms with Crippen molar-refractivity contribution in [2.45, 2.75) is 46.2 Å². The lowest BCUT2D eigenvalue weighted by molar-refractivity contribution is 0.295. The molecule has 1 aliphatic heterocycles. The van der Waals surface area contributed by atoms with Crippen LogP contribution >= 0.6 is 0 Å².